The predicted octanol–water partition coefficient (Wildman–Crippen LogP) is 4.14. The third-order valence-electron chi connectivity index (χ3n) is 4.84. The van der Waals surface area contributed by atoms with Crippen LogP contribution in [0.3, 0.4) is 0 Å². The van der Waals surface area contributed by atoms with E-state index in [0.717, 1.165) is 30.4 Å². The summed E-state index contributed by atoms with van der Waals surface area (Å²) in [5, 5.41) is 13.4. The molecule has 0 aliphatic heterocycles. The molecule has 0 amide bonds. The van der Waals surface area contributed by atoms with Crippen molar-refractivity contribution in [2.45, 2.75) is 44.9 Å². The molecule has 112 valence electrons. The second kappa shape index (κ2) is 6.29. The van der Waals surface area contributed by atoms with Crippen molar-refractivity contribution in [3.05, 3.63) is 29.8 Å². The van der Waals surface area contributed by atoms with E-state index in [1.165, 1.54) is 37.8 Å². The van der Waals surface area contributed by atoms with Gasteiger partial charge < -0.3 is 5.11 Å². The number of carboxylic acids is 1. The highest BCUT2D eigenvalue weighted by Crippen LogP contribution is 2.39. The van der Waals surface area contributed by atoms with Crippen LogP contribution in [0.5, 0.6) is 0 Å². The van der Waals surface area contributed by atoms with E-state index in [1.807, 2.05) is 0 Å². The second-order valence-electron chi connectivity index (χ2n) is 6.22. The van der Waals surface area contributed by atoms with Crippen LogP contribution in [0.15, 0.2) is 29.4 Å². The van der Waals surface area contributed by atoms with Crippen LogP contribution >= 0.6 is 0 Å². The molecule has 21 heavy (non-hydrogen) atoms. The Kier molecular flexibility index (Phi) is 4.23. The Hall–Kier alpha value is -1.84. The number of hydrogen-bond donors (Lipinski definition) is 2. The molecule has 2 saturated carbocycles. The molecule has 0 unspecified atom stereocenters. The molecule has 0 radical (unpaired) electrons. The van der Waals surface area contributed by atoms with Gasteiger partial charge in [0.1, 0.15) is 0 Å². The minimum atomic E-state index is -0.900. The first kappa shape index (κ1) is 14.1. The van der Waals surface area contributed by atoms with Crippen LogP contribution in [0.2, 0.25) is 0 Å². The van der Waals surface area contributed by atoms with Crippen LogP contribution in [0, 0.1) is 11.8 Å². The molecule has 2 fully saturated rings. The molecule has 4 heteroatoms. The van der Waals surface area contributed by atoms with Gasteiger partial charge in [0.2, 0.25) is 0 Å². The van der Waals surface area contributed by atoms with Crippen LogP contribution in [-0.4, -0.2) is 16.8 Å². The monoisotopic (exact) mass is 286 g/mol. The fourth-order valence-electron chi connectivity index (χ4n) is 3.62. The van der Waals surface area contributed by atoms with Gasteiger partial charge in [0.25, 0.3) is 0 Å². The van der Waals surface area contributed by atoms with E-state index < -0.39 is 5.97 Å². The molecule has 0 saturated heterocycles. The molecular weight excluding hydrogens is 264 g/mol. The third-order valence-corrected chi connectivity index (χ3v) is 4.84. The normalized spacial score (nSPS) is 27.1. The van der Waals surface area contributed by atoms with Crippen molar-refractivity contribution in [2.24, 2.45) is 16.9 Å². The van der Waals surface area contributed by atoms with E-state index in [-0.39, 0.29) is 0 Å². The molecule has 2 N–H and O–H groups in total. The Balaban J connectivity index is 1.59. The van der Waals surface area contributed by atoms with Gasteiger partial charge in [-0.15, -0.1) is 0 Å². The Morgan fingerprint density at radius 3 is 2.52 bits per heavy atom. The lowest BCUT2D eigenvalue weighted by Crippen LogP contribution is -2.28. The van der Waals surface area contributed by atoms with Crippen molar-refractivity contribution >= 4 is 17.4 Å². The van der Waals surface area contributed by atoms with Crippen molar-refractivity contribution in [3.63, 3.8) is 0 Å². The quantitative estimate of drug-likeness (QED) is 0.821. The number of fused-ring (bicyclic) bond motifs is 1. The lowest BCUT2D eigenvalue weighted by atomic mass is 9.70. The van der Waals surface area contributed by atoms with Crippen molar-refractivity contribution < 1.29 is 9.90 Å². The molecule has 2 atom stereocenters. The number of carbonyl (C=O) groups is 1. The Morgan fingerprint density at radius 1 is 1.10 bits per heavy atom. The first-order valence-corrected chi connectivity index (χ1v) is 7.87. The molecule has 0 spiro atoms. The summed E-state index contributed by atoms with van der Waals surface area (Å²) < 4.78 is 0. The highest BCUT2D eigenvalue weighted by molar-refractivity contribution is 5.88. The number of benzene rings is 1. The second-order valence-corrected chi connectivity index (χ2v) is 6.22. The molecule has 2 aliphatic rings. The van der Waals surface area contributed by atoms with Crippen LogP contribution < -0.4 is 5.43 Å². The molecule has 1 aromatic carbocycles. The summed E-state index contributed by atoms with van der Waals surface area (Å²) >= 11 is 0. The van der Waals surface area contributed by atoms with Gasteiger partial charge in [-0.2, -0.15) is 5.10 Å². The van der Waals surface area contributed by atoms with Gasteiger partial charge in [-0.1, -0.05) is 19.3 Å². The number of anilines is 1. The molecule has 0 heterocycles. The standard InChI is InChI=1S/C17H22N2O2/c20-17(21)13-6-8-15(9-7-13)18-19-16-10-5-12-3-1-2-4-14(12)11-16/h6-9,12,14,18H,1-5,10-11H2,(H,20,21)/b19-16+/t12-,14-/m0/s1. The van der Waals surface area contributed by atoms with Gasteiger partial charge >= 0.3 is 5.97 Å². The Morgan fingerprint density at radius 2 is 1.81 bits per heavy atom. The fourth-order valence-corrected chi connectivity index (χ4v) is 3.62. The highest BCUT2D eigenvalue weighted by atomic mass is 16.4. The van der Waals surface area contributed by atoms with Gasteiger partial charge in [0, 0.05) is 5.71 Å². The number of hydrogen-bond acceptors (Lipinski definition) is 3. The molecule has 4 nitrogen and oxygen atoms in total. The average Bonchev–Trinajstić information content (AvgIpc) is 2.53. The zero-order chi connectivity index (χ0) is 14.7. The Bertz CT molecular complexity index is 536. The van der Waals surface area contributed by atoms with Crippen LogP contribution in [-0.2, 0) is 0 Å². The summed E-state index contributed by atoms with van der Waals surface area (Å²) in [6, 6.07) is 6.73. The molecular formula is C17H22N2O2. The van der Waals surface area contributed by atoms with Crippen LogP contribution in [0.25, 0.3) is 0 Å². The van der Waals surface area contributed by atoms with E-state index in [2.05, 4.69) is 10.5 Å². The zero-order valence-corrected chi connectivity index (χ0v) is 12.2. The van der Waals surface area contributed by atoms with E-state index in [1.54, 1.807) is 24.3 Å². The maximum Gasteiger partial charge on any atom is 0.335 e. The van der Waals surface area contributed by atoms with E-state index in [0.29, 0.717) is 5.56 Å². The van der Waals surface area contributed by atoms with Gasteiger partial charge in [0.15, 0.2) is 0 Å². The van der Waals surface area contributed by atoms with E-state index >= 15 is 0 Å². The van der Waals surface area contributed by atoms with Gasteiger partial charge in [-0.25, -0.2) is 4.79 Å². The molecule has 0 aromatic heterocycles. The maximum atomic E-state index is 10.8. The van der Waals surface area contributed by atoms with E-state index in [9.17, 15) is 4.79 Å². The lowest BCUT2D eigenvalue weighted by molar-refractivity contribution is 0.0697. The minimum Gasteiger partial charge on any atom is -0.478 e. The molecule has 2 aliphatic carbocycles. The fraction of sp³-hybridized carbons (Fsp3) is 0.529. The molecule has 1 aromatic rings. The van der Waals surface area contributed by atoms with E-state index in [4.69, 9.17) is 5.11 Å². The lowest BCUT2D eigenvalue weighted by Gasteiger charge is -2.35. The number of carboxylic acid groups (broad SMARTS) is 1. The summed E-state index contributed by atoms with van der Waals surface area (Å²) in [6.45, 7) is 0. The number of aromatic carboxylic acids is 1. The minimum absolute atomic E-state index is 0.302. The Labute approximate surface area is 125 Å². The highest BCUT2D eigenvalue weighted by Gasteiger charge is 2.30. The first-order valence-electron chi connectivity index (χ1n) is 7.87. The SMILES string of the molecule is O=C(O)c1ccc(N/N=C2\CC[C@@H]3CCCC[C@H]3C2)cc1. The van der Waals surface area contributed by atoms with Crippen LogP contribution in [0.1, 0.15) is 55.3 Å². The van der Waals surface area contributed by atoms with Gasteiger partial charge in [-0.05, 0) is 61.8 Å². The summed E-state index contributed by atoms with van der Waals surface area (Å²) in [4.78, 5) is 10.8. The summed E-state index contributed by atoms with van der Waals surface area (Å²) in [7, 11) is 0. The van der Waals surface area contributed by atoms with Crippen molar-refractivity contribution in [3.8, 4) is 0 Å². The van der Waals surface area contributed by atoms with Crippen molar-refractivity contribution in [2.75, 3.05) is 5.43 Å². The number of nitrogens with one attached hydrogen (secondary N) is 1. The van der Waals surface area contributed by atoms with Gasteiger partial charge in [-0.3, -0.25) is 5.43 Å². The molecule has 3 rings (SSSR count). The topological polar surface area (TPSA) is 61.7 Å². The largest absolute Gasteiger partial charge is 0.478 e. The molecule has 0 bridgehead atoms. The number of rotatable bonds is 3. The van der Waals surface area contributed by atoms with Crippen molar-refractivity contribution in [1.29, 1.82) is 0 Å². The average molecular weight is 286 g/mol. The predicted molar refractivity (Wildman–Crippen MR) is 83.8 cm³/mol. The maximum absolute atomic E-state index is 10.8. The first-order chi connectivity index (χ1) is 10.2. The van der Waals surface area contributed by atoms with Crippen molar-refractivity contribution in [1.82, 2.24) is 0 Å². The summed E-state index contributed by atoms with van der Waals surface area (Å²) in [5.74, 6) is 0.860. The number of hydrazone groups is 1. The number of nitrogens with zero attached hydrogens (tertiary/aromatic N) is 1. The summed E-state index contributed by atoms with van der Waals surface area (Å²) in [6.07, 6.45) is 9.05. The smallest absolute Gasteiger partial charge is 0.335 e. The van der Waals surface area contributed by atoms with Gasteiger partial charge in [0.05, 0.1) is 11.3 Å². The third kappa shape index (κ3) is 3.43. The zero-order valence-electron chi connectivity index (χ0n) is 12.2. The van der Waals surface area contributed by atoms with Crippen LogP contribution in [0.4, 0.5) is 5.69 Å². The summed E-state index contributed by atoms with van der Waals surface area (Å²) in [5.41, 5.74) is 5.48.